The number of hydrogen-bond acceptors (Lipinski definition) is 6. The molecule has 0 amide bonds. The summed E-state index contributed by atoms with van der Waals surface area (Å²) in [5.41, 5.74) is 1.21. The van der Waals surface area contributed by atoms with Crippen molar-refractivity contribution >= 4 is 17.7 Å². The molecule has 0 unspecified atom stereocenters. The highest BCUT2D eigenvalue weighted by molar-refractivity contribution is 5.99. The SMILES string of the molecule is CCOC(=O)[C@H](CC(=O)c1ccccc1)N[C@@H](Cc1ccc(OCC)cc1)C(=O)O. The topological polar surface area (TPSA) is 102 Å². The Balaban J connectivity index is 2.13. The van der Waals surface area contributed by atoms with Crippen LogP contribution in [0.4, 0.5) is 0 Å². The first kappa shape index (κ1) is 23.1. The van der Waals surface area contributed by atoms with Crippen LogP contribution in [0.5, 0.6) is 5.75 Å². The smallest absolute Gasteiger partial charge is 0.323 e. The summed E-state index contributed by atoms with van der Waals surface area (Å²) >= 11 is 0. The molecule has 0 heterocycles. The number of esters is 1. The third-order valence-electron chi connectivity index (χ3n) is 4.43. The molecule has 7 nitrogen and oxygen atoms in total. The largest absolute Gasteiger partial charge is 0.494 e. The Morgan fingerprint density at radius 2 is 1.60 bits per heavy atom. The monoisotopic (exact) mass is 413 g/mol. The lowest BCUT2D eigenvalue weighted by Gasteiger charge is -2.22. The van der Waals surface area contributed by atoms with Gasteiger partial charge in [0.1, 0.15) is 17.8 Å². The van der Waals surface area contributed by atoms with E-state index >= 15 is 0 Å². The fourth-order valence-electron chi connectivity index (χ4n) is 2.96. The lowest BCUT2D eigenvalue weighted by Crippen LogP contribution is -2.49. The number of carboxylic acid groups (broad SMARTS) is 1. The number of ether oxygens (including phenoxy) is 2. The van der Waals surface area contributed by atoms with Gasteiger partial charge in [0.2, 0.25) is 0 Å². The number of Topliss-reactive ketones (excluding diaryl/α,β-unsaturated/α-hetero) is 1. The summed E-state index contributed by atoms with van der Waals surface area (Å²) in [7, 11) is 0. The second-order valence-electron chi connectivity index (χ2n) is 6.64. The Labute approximate surface area is 176 Å². The number of nitrogens with one attached hydrogen (secondary N) is 1. The normalized spacial score (nSPS) is 12.6. The summed E-state index contributed by atoms with van der Waals surface area (Å²) in [5, 5.41) is 12.5. The van der Waals surface area contributed by atoms with Crippen LogP contribution in [0.25, 0.3) is 0 Å². The van der Waals surface area contributed by atoms with E-state index in [1.54, 1.807) is 61.5 Å². The van der Waals surface area contributed by atoms with E-state index in [2.05, 4.69) is 5.32 Å². The van der Waals surface area contributed by atoms with E-state index in [9.17, 15) is 19.5 Å². The standard InChI is InChI=1S/C23H27NO6/c1-3-29-18-12-10-16(11-13-18)14-19(22(26)27)24-20(23(28)30-4-2)15-21(25)17-8-6-5-7-9-17/h5-13,19-20,24H,3-4,14-15H2,1-2H3,(H,26,27)/t19-,20-/m0/s1. The average Bonchev–Trinajstić information content (AvgIpc) is 2.74. The molecule has 0 radical (unpaired) electrons. The summed E-state index contributed by atoms with van der Waals surface area (Å²) < 4.78 is 10.4. The maximum Gasteiger partial charge on any atom is 0.323 e. The second-order valence-corrected chi connectivity index (χ2v) is 6.64. The molecule has 0 spiro atoms. The Kier molecular flexibility index (Phi) is 9.03. The zero-order valence-electron chi connectivity index (χ0n) is 17.2. The lowest BCUT2D eigenvalue weighted by atomic mass is 10.0. The van der Waals surface area contributed by atoms with Crippen LogP contribution in [0.15, 0.2) is 54.6 Å². The molecule has 2 aromatic rings. The van der Waals surface area contributed by atoms with E-state index in [0.29, 0.717) is 17.9 Å². The summed E-state index contributed by atoms with van der Waals surface area (Å²) in [6.45, 7) is 4.20. The fourth-order valence-corrected chi connectivity index (χ4v) is 2.96. The summed E-state index contributed by atoms with van der Waals surface area (Å²) in [6.07, 6.45) is -0.0624. The van der Waals surface area contributed by atoms with Crippen molar-refractivity contribution in [1.29, 1.82) is 0 Å². The van der Waals surface area contributed by atoms with E-state index in [1.165, 1.54) is 0 Å². The summed E-state index contributed by atoms with van der Waals surface area (Å²) in [4.78, 5) is 36.8. The van der Waals surface area contributed by atoms with E-state index in [4.69, 9.17) is 9.47 Å². The Hall–Kier alpha value is -3.19. The first-order valence-corrected chi connectivity index (χ1v) is 9.90. The van der Waals surface area contributed by atoms with Crippen LogP contribution < -0.4 is 10.1 Å². The van der Waals surface area contributed by atoms with Gasteiger partial charge in [0, 0.05) is 12.0 Å². The fraction of sp³-hybridized carbons (Fsp3) is 0.348. The molecule has 2 atom stereocenters. The third-order valence-corrected chi connectivity index (χ3v) is 4.43. The van der Waals surface area contributed by atoms with Gasteiger partial charge < -0.3 is 14.6 Å². The minimum absolute atomic E-state index is 0.132. The second kappa shape index (κ2) is 11.7. The Morgan fingerprint density at radius 1 is 0.933 bits per heavy atom. The highest BCUT2D eigenvalue weighted by Gasteiger charge is 2.29. The van der Waals surface area contributed by atoms with Crippen LogP contribution in [0.1, 0.15) is 36.2 Å². The predicted octanol–water partition coefficient (Wildman–Crippen LogP) is 2.88. The van der Waals surface area contributed by atoms with Crippen molar-refractivity contribution in [3.8, 4) is 5.75 Å². The van der Waals surface area contributed by atoms with Gasteiger partial charge in [0.05, 0.1) is 13.2 Å². The van der Waals surface area contributed by atoms with Gasteiger partial charge in [-0.15, -0.1) is 0 Å². The molecular formula is C23H27NO6. The van der Waals surface area contributed by atoms with Crippen LogP contribution in [-0.2, 0) is 20.7 Å². The van der Waals surface area contributed by atoms with E-state index in [-0.39, 0.29) is 25.2 Å². The molecule has 2 N–H and O–H groups in total. The molecule has 0 bridgehead atoms. The Morgan fingerprint density at radius 3 is 2.17 bits per heavy atom. The predicted molar refractivity (Wildman–Crippen MR) is 112 cm³/mol. The molecule has 0 aliphatic heterocycles. The van der Waals surface area contributed by atoms with Crippen LogP contribution in [0.3, 0.4) is 0 Å². The van der Waals surface area contributed by atoms with Crippen LogP contribution in [-0.4, -0.2) is 48.1 Å². The molecule has 160 valence electrons. The number of carbonyl (C=O) groups is 3. The van der Waals surface area contributed by atoms with Crippen molar-refractivity contribution in [1.82, 2.24) is 5.32 Å². The van der Waals surface area contributed by atoms with Gasteiger partial charge in [-0.2, -0.15) is 0 Å². The molecule has 30 heavy (non-hydrogen) atoms. The van der Waals surface area contributed by atoms with Crippen molar-refractivity contribution in [2.75, 3.05) is 13.2 Å². The first-order chi connectivity index (χ1) is 14.4. The lowest BCUT2D eigenvalue weighted by molar-refractivity contribution is -0.147. The molecule has 0 saturated carbocycles. The number of carboxylic acids is 1. The molecule has 2 rings (SSSR count). The van der Waals surface area contributed by atoms with Crippen LogP contribution in [0.2, 0.25) is 0 Å². The highest BCUT2D eigenvalue weighted by atomic mass is 16.5. The molecule has 0 aliphatic carbocycles. The van der Waals surface area contributed by atoms with Crippen molar-refractivity contribution in [3.05, 3.63) is 65.7 Å². The number of rotatable bonds is 12. The van der Waals surface area contributed by atoms with Gasteiger partial charge in [-0.05, 0) is 38.0 Å². The quantitative estimate of drug-likeness (QED) is 0.407. The zero-order chi connectivity index (χ0) is 21.9. The van der Waals surface area contributed by atoms with Crippen molar-refractivity contribution < 1.29 is 29.0 Å². The van der Waals surface area contributed by atoms with Gasteiger partial charge in [-0.3, -0.25) is 19.7 Å². The van der Waals surface area contributed by atoms with Crippen LogP contribution >= 0.6 is 0 Å². The maximum atomic E-state index is 12.6. The molecule has 0 aromatic heterocycles. The Bertz CT molecular complexity index is 835. The number of carbonyl (C=O) groups excluding carboxylic acids is 2. The molecule has 0 fully saturated rings. The summed E-state index contributed by atoms with van der Waals surface area (Å²) in [6, 6.07) is 13.5. The van der Waals surface area contributed by atoms with Crippen molar-refractivity contribution in [2.24, 2.45) is 0 Å². The molecule has 2 aromatic carbocycles. The van der Waals surface area contributed by atoms with Crippen LogP contribution in [0, 0.1) is 0 Å². The molecular weight excluding hydrogens is 386 g/mol. The van der Waals surface area contributed by atoms with Crippen molar-refractivity contribution in [3.63, 3.8) is 0 Å². The number of hydrogen-bond donors (Lipinski definition) is 2. The summed E-state index contributed by atoms with van der Waals surface area (Å²) in [5.74, 6) is -1.35. The number of benzene rings is 2. The van der Waals surface area contributed by atoms with Gasteiger partial charge >= 0.3 is 11.9 Å². The van der Waals surface area contributed by atoms with Gasteiger partial charge in [0.25, 0.3) is 0 Å². The minimum atomic E-state index is -1.12. The first-order valence-electron chi connectivity index (χ1n) is 9.90. The van der Waals surface area contributed by atoms with E-state index in [0.717, 1.165) is 5.56 Å². The van der Waals surface area contributed by atoms with E-state index < -0.39 is 24.0 Å². The van der Waals surface area contributed by atoms with Gasteiger partial charge in [-0.25, -0.2) is 0 Å². The average molecular weight is 413 g/mol. The van der Waals surface area contributed by atoms with Gasteiger partial charge in [-0.1, -0.05) is 42.5 Å². The van der Waals surface area contributed by atoms with Crippen molar-refractivity contribution in [2.45, 2.75) is 38.8 Å². The number of ketones is 1. The maximum absolute atomic E-state index is 12.6. The highest BCUT2D eigenvalue weighted by Crippen LogP contribution is 2.15. The molecule has 0 saturated heterocycles. The van der Waals surface area contributed by atoms with Gasteiger partial charge in [0.15, 0.2) is 5.78 Å². The van der Waals surface area contributed by atoms with E-state index in [1.807, 2.05) is 6.92 Å². The minimum Gasteiger partial charge on any atom is -0.494 e. The third kappa shape index (κ3) is 7.00. The molecule has 7 heteroatoms. The zero-order valence-corrected chi connectivity index (χ0v) is 17.2. The number of aliphatic carboxylic acids is 1. The molecule has 0 aliphatic rings.